The Labute approximate surface area is 122 Å². The first-order valence-electron chi connectivity index (χ1n) is 6.69. The van der Waals surface area contributed by atoms with Gasteiger partial charge in [-0.15, -0.1) is 11.3 Å². The number of nitrogens with zero attached hydrogens (tertiary/aromatic N) is 2. The number of hydrogen-bond donors (Lipinski definition) is 1. The van der Waals surface area contributed by atoms with E-state index < -0.39 is 0 Å². The number of anilines is 2. The van der Waals surface area contributed by atoms with Gasteiger partial charge in [0.25, 0.3) is 0 Å². The average Bonchev–Trinajstić information content (AvgIpc) is 3.01. The van der Waals surface area contributed by atoms with Crippen molar-refractivity contribution in [2.75, 3.05) is 16.8 Å². The highest BCUT2D eigenvalue weighted by atomic mass is 32.1. The molecule has 0 bridgehead atoms. The topological polar surface area (TPSA) is 45.2 Å². The molecule has 0 fully saturated rings. The van der Waals surface area contributed by atoms with Gasteiger partial charge in [0.05, 0.1) is 6.54 Å². The molecule has 0 unspecified atom stereocenters. The minimum atomic E-state index is 0.114. The predicted octanol–water partition coefficient (Wildman–Crippen LogP) is 2.97. The van der Waals surface area contributed by atoms with Gasteiger partial charge in [0, 0.05) is 35.9 Å². The molecule has 4 nitrogen and oxygen atoms in total. The maximum absolute atomic E-state index is 11.5. The maximum Gasteiger partial charge on any atom is 0.223 e. The molecule has 3 rings (SSSR count). The Morgan fingerprint density at radius 1 is 1.50 bits per heavy atom. The lowest BCUT2D eigenvalue weighted by Crippen LogP contribution is -2.25. The molecule has 1 aromatic heterocycles. The number of hydrogen-bond acceptors (Lipinski definition) is 4. The molecule has 0 aliphatic carbocycles. The van der Waals surface area contributed by atoms with Crippen molar-refractivity contribution in [1.82, 2.24) is 4.98 Å². The Balaban J connectivity index is 1.72. The van der Waals surface area contributed by atoms with Crippen molar-refractivity contribution in [2.45, 2.75) is 26.8 Å². The third-order valence-electron chi connectivity index (χ3n) is 3.47. The molecule has 0 spiro atoms. The number of aryl methyl sites for hydroxylation is 1. The number of benzene rings is 1. The zero-order valence-corrected chi connectivity index (χ0v) is 12.5. The number of carbonyl (C=O) groups excluding carboxylic acids is 1. The molecule has 2 heterocycles. The highest BCUT2D eigenvalue weighted by molar-refractivity contribution is 7.09. The van der Waals surface area contributed by atoms with Crippen LogP contribution in [0.25, 0.3) is 0 Å². The fourth-order valence-electron chi connectivity index (χ4n) is 2.50. The summed E-state index contributed by atoms with van der Waals surface area (Å²) in [6.45, 7) is 5.16. The first kappa shape index (κ1) is 13.1. The van der Waals surface area contributed by atoms with Crippen LogP contribution in [0.3, 0.4) is 0 Å². The largest absolute Gasteiger partial charge is 0.379 e. The molecule has 5 heteroatoms. The van der Waals surface area contributed by atoms with Crippen LogP contribution in [-0.4, -0.2) is 17.4 Å². The standard InChI is InChI=1S/C15H17N3OS/c1-10-9-20-15(17-10)8-16-13-3-4-14-12(7-13)5-6-18(14)11(2)19/h3-4,7,9,16H,5-6,8H2,1-2H3. The van der Waals surface area contributed by atoms with Gasteiger partial charge in [0.1, 0.15) is 5.01 Å². The van der Waals surface area contributed by atoms with Crippen molar-refractivity contribution in [3.63, 3.8) is 0 Å². The summed E-state index contributed by atoms with van der Waals surface area (Å²) in [6.07, 6.45) is 0.931. The monoisotopic (exact) mass is 287 g/mol. The molecule has 1 aromatic carbocycles. The second-order valence-electron chi connectivity index (χ2n) is 5.00. The van der Waals surface area contributed by atoms with Crippen LogP contribution in [0.5, 0.6) is 0 Å². The third kappa shape index (κ3) is 2.54. The molecule has 0 saturated heterocycles. The lowest BCUT2D eigenvalue weighted by molar-refractivity contribution is -0.116. The van der Waals surface area contributed by atoms with Crippen LogP contribution in [0.15, 0.2) is 23.6 Å². The molecule has 2 aromatic rings. The first-order chi connectivity index (χ1) is 9.63. The molecule has 104 valence electrons. The Morgan fingerprint density at radius 3 is 3.05 bits per heavy atom. The van der Waals surface area contributed by atoms with E-state index in [2.05, 4.69) is 21.7 Å². The van der Waals surface area contributed by atoms with Crippen LogP contribution >= 0.6 is 11.3 Å². The summed E-state index contributed by atoms with van der Waals surface area (Å²) in [5.74, 6) is 0.114. The summed E-state index contributed by atoms with van der Waals surface area (Å²) in [5, 5.41) is 6.54. The van der Waals surface area contributed by atoms with E-state index in [1.165, 1.54) is 5.56 Å². The van der Waals surface area contributed by atoms with Crippen LogP contribution in [0.4, 0.5) is 11.4 Å². The van der Waals surface area contributed by atoms with Gasteiger partial charge in [-0.05, 0) is 37.1 Å². The summed E-state index contributed by atoms with van der Waals surface area (Å²) in [6, 6.07) is 6.19. The quantitative estimate of drug-likeness (QED) is 0.944. The number of aromatic nitrogens is 1. The van der Waals surface area contributed by atoms with Crippen molar-refractivity contribution < 1.29 is 4.79 Å². The fourth-order valence-corrected chi connectivity index (χ4v) is 3.21. The molecule has 0 saturated carbocycles. The minimum absolute atomic E-state index is 0.114. The highest BCUT2D eigenvalue weighted by Crippen LogP contribution is 2.30. The van der Waals surface area contributed by atoms with Gasteiger partial charge in [-0.2, -0.15) is 0 Å². The first-order valence-corrected chi connectivity index (χ1v) is 7.57. The Hall–Kier alpha value is -1.88. The summed E-state index contributed by atoms with van der Waals surface area (Å²) >= 11 is 1.67. The van der Waals surface area contributed by atoms with Crippen LogP contribution in [0.2, 0.25) is 0 Å². The van der Waals surface area contributed by atoms with Crippen molar-refractivity contribution in [3.8, 4) is 0 Å². The molecule has 0 atom stereocenters. The minimum Gasteiger partial charge on any atom is -0.379 e. The molecule has 0 radical (unpaired) electrons. The van der Waals surface area contributed by atoms with Gasteiger partial charge in [-0.25, -0.2) is 4.98 Å². The lowest BCUT2D eigenvalue weighted by atomic mass is 10.1. The highest BCUT2D eigenvalue weighted by Gasteiger charge is 2.21. The lowest BCUT2D eigenvalue weighted by Gasteiger charge is -2.15. The Kier molecular flexibility index (Phi) is 3.44. The van der Waals surface area contributed by atoms with E-state index >= 15 is 0 Å². The number of rotatable bonds is 3. The molecule has 1 amide bonds. The Bertz CT molecular complexity index is 650. The van der Waals surface area contributed by atoms with Gasteiger partial charge < -0.3 is 10.2 Å². The number of carbonyl (C=O) groups is 1. The predicted molar refractivity (Wildman–Crippen MR) is 82.4 cm³/mol. The number of amides is 1. The fraction of sp³-hybridized carbons (Fsp3) is 0.333. The molecule has 20 heavy (non-hydrogen) atoms. The zero-order valence-electron chi connectivity index (χ0n) is 11.6. The zero-order chi connectivity index (χ0) is 14.1. The smallest absolute Gasteiger partial charge is 0.223 e. The summed E-state index contributed by atoms with van der Waals surface area (Å²) in [4.78, 5) is 17.8. The van der Waals surface area contributed by atoms with Gasteiger partial charge in [0.2, 0.25) is 5.91 Å². The van der Waals surface area contributed by atoms with Gasteiger partial charge in [-0.3, -0.25) is 4.79 Å². The summed E-state index contributed by atoms with van der Waals surface area (Å²) in [7, 11) is 0. The molecular formula is C15H17N3OS. The van der Waals surface area contributed by atoms with Gasteiger partial charge >= 0.3 is 0 Å². The Morgan fingerprint density at radius 2 is 2.35 bits per heavy atom. The van der Waals surface area contributed by atoms with E-state index in [1.54, 1.807) is 18.3 Å². The second-order valence-corrected chi connectivity index (χ2v) is 5.94. The summed E-state index contributed by atoms with van der Waals surface area (Å²) in [5.41, 5.74) is 4.44. The number of nitrogens with one attached hydrogen (secondary N) is 1. The summed E-state index contributed by atoms with van der Waals surface area (Å²) < 4.78 is 0. The van der Waals surface area contributed by atoms with Gasteiger partial charge in [-0.1, -0.05) is 0 Å². The van der Waals surface area contributed by atoms with Crippen LogP contribution in [-0.2, 0) is 17.8 Å². The number of thiazole rings is 1. The van der Waals surface area contributed by atoms with Crippen molar-refractivity contribution >= 4 is 28.6 Å². The molecule has 1 aliphatic rings. The van der Waals surface area contributed by atoms with Crippen LogP contribution in [0, 0.1) is 6.92 Å². The van der Waals surface area contributed by atoms with Crippen LogP contribution in [0.1, 0.15) is 23.2 Å². The van der Waals surface area contributed by atoms with E-state index in [0.29, 0.717) is 0 Å². The average molecular weight is 287 g/mol. The molecular weight excluding hydrogens is 270 g/mol. The molecule has 1 aliphatic heterocycles. The second kappa shape index (κ2) is 5.25. The van der Waals surface area contributed by atoms with Gasteiger partial charge in [0.15, 0.2) is 0 Å². The van der Waals surface area contributed by atoms with Crippen molar-refractivity contribution in [1.29, 1.82) is 0 Å². The van der Waals surface area contributed by atoms with E-state index in [0.717, 1.165) is 41.6 Å². The van der Waals surface area contributed by atoms with Crippen molar-refractivity contribution in [2.24, 2.45) is 0 Å². The van der Waals surface area contributed by atoms with E-state index in [1.807, 2.05) is 24.0 Å². The molecule has 1 N–H and O–H groups in total. The normalized spacial score (nSPS) is 13.4. The van der Waals surface area contributed by atoms with E-state index in [-0.39, 0.29) is 5.91 Å². The third-order valence-corrected chi connectivity index (χ3v) is 4.43. The number of fused-ring (bicyclic) bond motifs is 1. The van der Waals surface area contributed by atoms with E-state index in [9.17, 15) is 4.79 Å². The SMILES string of the molecule is CC(=O)N1CCc2cc(NCc3nc(C)cs3)ccc21. The van der Waals surface area contributed by atoms with Crippen molar-refractivity contribution in [3.05, 3.63) is 39.8 Å². The maximum atomic E-state index is 11.5. The van der Waals surface area contributed by atoms with E-state index in [4.69, 9.17) is 0 Å². The van der Waals surface area contributed by atoms with Crippen LogP contribution < -0.4 is 10.2 Å².